The average molecular weight is 325 g/mol. The molecule has 3 aromatic rings. The lowest BCUT2D eigenvalue weighted by Crippen LogP contribution is -2.46. The summed E-state index contributed by atoms with van der Waals surface area (Å²) in [4.78, 5) is 2.18. The average Bonchev–Trinajstić information content (AvgIpc) is 3.28. The second-order valence-electron chi connectivity index (χ2n) is 6.15. The molecule has 24 heavy (non-hydrogen) atoms. The van der Waals surface area contributed by atoms with Gasteiger partial charge in [-0.05, 0) is 31.5 Å². The van der Waals surface area contributed by atoms with Crippen LogP contribution in [0.2, 0.25) is 0 Å². The highest BCUT2D eigenvalue weighted by molar-refractivity contribution is 5.32. The maximum Gasteiger partial charge on any atom is 0.151 e. The summed E-state index contributed by atoms with van der Waals surface area (Å²) in [5, 5.41) is 29.7. The molecule has 0 saturated carbocycles. The maximum absolute atomic E-state index is 10.9. The number of β-amino-alcohol motifs (C(OH)–C–C–N with tert-alkyl or cyclic N) is 1. The molecule has 0 unspecified atom stereocenters. The van der Waals surface area contributed by atoms with Crippen LogP contribution in [0.4, 0.5) is 0 Å². The SMILES string of the molecule is O[C@@]1(c2cn[nH]n2)CCCN(Cc2nncn2-c2ccccc2)C1. The van der Waals surface area contributed by atoms with E-state index >= 15 is 0 Å². The van der Waals surface area contributed by atoms with E-state index in [-0.39, 0.29) is 0 Å². The van der Waals surface area contributed by atoms with E-state index in [4.69, 9.17) is 0 Å². The molecule has 1 fully saturated rings. The van der Waals surface area contributed by atoms with Crippen molar-refractivity contribution in [2.75, 3.05) is 13.1 Å². The van der Waals surface area contributed by atoms with Gasteiger partial charge in [-0.15, -0.1) is 10.2 Å². The number of aromatic amines is 1. The Morgan fingerprint density at radius 1 is 1.25 bits per heavy atom. The molecule has 0 aliphatic carbocycles. The molecule has 4 rings (SSSR count). The van der Waals surface area contributed by atoms with Crippen LogP contribution in [0.5, 0.6) is 0 Å². The van der Waals surface area contributed by atoms with E-state index in [2.05, 4.69) is 30.5 Å². The number of para-hydroxylation sites is 1. The number of aromatic nitrogens is 6. The minimum absolute atomic E-state index is 0.501. The summed E-state index contributed by atoms with van der Waals surface area (Å²) in [7, 11) is 0. The van der Waals surface area contributed by atoms with Crippen molar-refractivity contribution < 1.29 is 5.11 Å². The molecule has 8 heteroatoms. The largest absolute Gasteiger partial charge is 0.382 e. The Hall–Kier alpha value is -2.58. The zero-order chi connectivity index (χ0) is 16.4. The minimum Gasteiger partial charge on any atom is -0.382 e. The third-order valence-electron chi connectivity index (χ3n) is 4.46. The third kappa shape index (κ3) is 2.81. The molecular weight excluding hydrogens is 306 g/mol. The summed E-state index contributed by atoms with van der Waals surface area (Å²) >= 11 is 0. The zero-order valence-electron chi connectivity index (χ0n) is 13.2. The Morgan fingerprint density at radius 2 is 2.12 bits per heavy atom. The Morgan fingerprint density at radius 3 is 2.92 bits per heavy atom. The van der Waals surface area contributed by atoms with Gasteiger partial charge in [0.25, 0.3) is 0 Å². The third-order valence-corrected chi connectivity index (χ3v) is 4.46. The Kier molecular flexibility index (Phi) is 3.83. The standard InChI is InChI=1S/C16H19N7O/c24-16(14-9-17-21-19-14)7-4-8-22(11-16)10-15-20-18-12-23(15)13-5-2-1-3-6-13/h1-3,5-6,9,12,24H,4,7-8,10-11H2,(H,17,19,21)/t16-/m0/s1. The summed E-state index contributed by atoms with van der Waals surface area (Å²) in [5.41, 5.74) is 0.654. The van der Waals surface area contributed by atoms with Gasteiger partial charge >= 0.3 is 0 Å². The smallest absolute Gasteiger partial charge is 0.151 e. The fourth-order valence-corrected chi connectivity index (χ4v) is 3.26. The van der Waals surface area contributed by atoms with E-state index in [1.54, 1.807) is 12.5 Å². The van der Waals surface area contributed by atoms with E-state index in [0.29, 0.717) is 25.2 Å². The fourth-order valence-electron chi connectivity index (χ4n) is 3.26. The first-order chi connectivity index (χ1) is 11.7. The van der Waals surface area contributed by atoms with Gasteiger partial charge in [0, 0.05) is 12.2 Å². The second kappa shape index (κ2) is 6.14. The van der Waals surface area contributed by atoms with Crippen molar-refractivity contribution in [2.24, 2.45) is 0 Å². The lowest BCUT2D eigenvalue weighted by Gasteiger charge is -2.37. The summed E-state index contributed by atoms with van der Waals surface area (Å²) < 4.78 is 1.98. The van der Waals surface area contributed by atoms with Crippen LogP contribution < -0.4 is 0 Å². The van der Waals surface area contributed by atoms with E-state index in [0.717, 1.165) is 24.5 Å². The van der Waals surface area contributed by atoms with Crippen LogP contribution in [-0.4, -0.2) is 53.3 Å². The number of H-pyrrole nitrogens is 1. The summed E-state index contributed by atoms with van der Waals surface area (Å²) in [6.45, 7) is 2.03. The van der Waals surface area contributed by atoms with Crippen molar-refractivity contribution in [3.63, 3.8) is 0 Å². The molecule has 2 N–H and O–H groups in total. The minimum atomic E-state index is -0.969. The van der Waals surface area contributed by atoms with Gasteiger partial charge in [-0.2, -0.15) is 15.4 Å². The van der Waals surface area contributed by atoms with E-state index < -0.39 is 5.60 Å². The molecule has 2 aromatic heterocycles. The maximum atomic E-state index is 10.9. The Labute approximate surface area is 139 Å². The van der Waals surface area contributed by atoms with Crippen molar-refractivity contribution in [1.29, 1.82) is 0 Å². The molecule has 0 radical (unpaired) electrons. The lowest BCUT2D eigenvalue weighted by atomic mass is 9.90. The Bertz CT molecular complexity index is 786. The molecule has 1 aromatic carbocycles. The van der Waals surface area contributed by atoms with E-state index in [9.17, 15) is 5.11 Å². The molecule has 3 heterocycles. The first-order valence-corrected chi connectivity index (χ1v) is 8.00. The molecular formula is C16H19N7O. The molecule has 0 amide bonds. The molecule has 0 spiro atoms. The van der Waals surface area contributed by atoms with Gasteiger partial charge in [0.05, 0.1) is 12.7 Å². The monoisotopic (exact) mass is 325 g/mol. The second-order valence-corrected chi connectivity index (χ2v) is 6.15. The first-order valence-electron chi connectivity index (χ1n) is 8.00. The van der Waals surface area contributed by atoms with Gasteiger partial charge in [-0.3, -0.25) is 9.47 Å². The predicted octanol–water partition coefficient (Wildman–Crippen LogP) is 0.869. The van der Waals surface area contributed by atoms with Gasteiger partial charge in [-0.25, -0.2) is 0 Å². The zero-order valence-corrected chi connectivity index (χ0v) is 13.2. The van der Waals surface area contributed by atoms with Crippen molar-refractivity contribution in [3.05, 3.63) is 54.4 Å². The van der Waals surface area contributed by atoms with Crippen LogP contribution in [0.15, 0.2) is 42.9 Å². The number of benzene rings is 1. The molecule has 8 nitrogen and oxygen atoms in total. The normalized spacial score (nSPS) is 21.9. The number of nitrogens with zero attached hydrogens (tertiary/aromatic N) is 6. The van der Waals surface area contributed by atoms with Crippen molar-refractivity contribution >= 4 is 0 Å². The highest BCUT2D eigenvalue weighted by Gasteiger charge is 2.37. The number of piperidine rings is 1. The highest BCUT2D eigenvalue weighted by Crippen LogP contribution is 2.30. The molecule has 1 aliphatic heterocycles. The van der Waals surface area contributed by atoms with Crippen molar-refractivity contribution in [3.8, 4) is 5.69 Å². The Balaban J connectivity index is 1.53. The number of likely N-dealkylation sites (tertiary alicyclic amines) is 1. The quantitative estimate of drug-likeness (QED) is 0.739. The topological polar surface area (TPSA) is 95.8 Å². The van der Waals surface area contributed by atoms with Gasteiger partial charge < -0.3 is 5.11 Å². The van der Waals surface area contributed by atoms with Crippen molar-refractivity contribution in [1.82, 2.24) is 35.1 Å². The van der Waals surface area contributed by atoms with Gasteiger partial charge in [0.2, 0.25) is 0 Å². The van der Waals surface area contributed by atoms with Gasteiger partial charge in [0.15, 0.2) is 5.82 Å². The van der Waals surface area contributed by atoms with Gasteiger partial charge in [-0.1, -0.05) is 18.2 Å². The fraction of sp³-hybridized carbons (Fsp3) is 0.375. The van der Waals surface area contributed by atoms with E-state index in [1.165, 1.54) is 0 Å². The molecule has 1 saturated heterocycles. The van der Waals surface area contributed by atoms with Crippen LogP contribution in [0.1, 0.15) is 24.4 Å². The van der Waals surface area contributed by atoms with Crippen LogP contribution in [0, 0.1) is 0 Å². The summed E-state index contributed by atoms with van der Waals surface area (Å²) in [6, 6.07) is 10.0. The summed E-state index contributed by atoms with van der Waals surface area (Å²) in [6.07, 6.45) is 4.89. The van der Waals surface area contributed by atoms with Gasteiger partial charge in [0.1, 0.15) is 17.6 Å². The van der Waals surface area contributed by atoms with Crippen LogP contribution >= 0.6 is 0 Å². The number of aliphatic hydroxyl groups is 1. The highest BCUT2D eigenvalue weighted by atomic mass is 16.3. The number of hydrogen-bond acceptors (Lipinski definition) is 6. The number of nitrogens with one attached hydrogen (secondary N) is 1. The molecule has 124 valence electrons. The number of hydrogen-bond donors (Lipinski definition) is 2. The van der Waals surface area contributed by atoms with E-state index in [1.807, 2.05) is 34.9 Å². The summed E-state index contributed by atoms with van der Waals surface area (Å²) in [5.74, 6) is 0.852. The molecule has 1 aliphatic rings. The molecule has 0 bridgehead atoms. The first kappa shape index (κ1) is 15.0. The lowest BCUT2D eigenvalue weighted by molar-refractivity contribution is -0.0421. The van der Waals surface area contributed by atoms with Crippen LogP contribution in [0.3, 0.4) is 0 Å². The van der Waals surface area contributed by atoms with Crippen LogP contribution in [-0.2, 0) is 12.1 Å². The molecule has 1 atom stereocenters. The van der Waals surface area contributed by atoms with Crippen molar-refractivity contribution in [2.45, 2.75) is 25.0 Å². The predicted molar refractivity (Wildman–Crippen MR) is 86.1 cm³/mol. The number of rotatable bonds is 4. The van der Waals surface area contributed by atoms with Crippen LogP contribution in [0.25, 0.3) is 5.69 Å².